The summed E-state index contributed by atoms with van der Waals surface area (Å²) in [5, 5.41) is 6.26. The van der Waals surface area contributed by atoms with Crippen LogP contribution >= 0.6 is 0 Å². The Labute approximate surface area is 180 Å². The van der Waals surface area contributed by atoms with Gasteiger partial charge < -0.3 is 0 Å². The van der Waals surface area contributed by atoms with Crippen molar-refractivity contribution in [2.75, 3.05) is 6.26 Å². The molecule has 0 radical (unpaired) electrons. The Morgan fingerprint density at radius 3 is 2.29 bits per heavy atom. The van der Waals surface area contributed by atoms with Crippen molar-refractivity contribution in [3.63, 3.8) is 0 Å². The SMILES string of the molecule is CS(=O)(=O)c1ccc(C2C=NN(Cc3ccccc3)C=C2c2ccc(F)c(F)c2)cc1. The van der Waals surface area contributed by atoms with E-state index < -0.39 is 21.5 Å². The first-order valence-electron chi connectivity index (χ1n) is 9.63. The lowest BCUT2D eigenvalue weighted by molar-refractivity contribution is 0.389. The number of rotatable bonds is 5. The second-order valence-electron chi connectivity index (χ2n) is 7.38. The topological polar surface area (TPSA) is 49.7 Å². The van der Waals surface area contributed by atoms with Gasteiger partial charge in [-0.25, -0.2) is 17.2 Å². The third-order valence-corrected chi connectivity index (χ3v) is 6.22. The van der Waals surface area contributed by atoms with Crippen molar-refractivity contribution in [2.45, 2.75) is 17.4 Å². The first kappa shape index (κ1) is 20.9. The van der Waals surface area contributed by atoms with E-state index in [1.807, 2.05) is 36.5 Å². The molecule has 0 aliphatic carbocycles. The third-order valence-electron chi connectivity index (χ3n) is 5.09. The number of allylic oxidation sites excluding steroid dienone is 1. The van der Waals surface area contributed by atoms with Crippen molar-refractivity contribution in [1.29, 1.82) is 0 Å². The van der Waals surface area contributed by atoms with Gasteiger partial charge in [-0.1, -0.05) is 48.5 Å². The molecular formula is C24H20F2N2O2S. The maximum atomic E-state index is 14.0. The quantitative estimate of drug-likeness (QED) is 0.564. The Hall–Kier alpha value is -3.32. The maximum Gasteiger partial charge on any atom is 0.175 e. The standard InChI is InChI=1S/C24H20F2N2O2S/c1-31(29,30)20-10-7-18(8-11-20)21-14-27-28(15-17-5-3-2-4-6-17)16-22(21)19-9-12-23(25)24(26)13-19/h2-14,16,21H,15H2,1H3. The molecule has 4 nitrogen and oxygen atoms in total. The van der Waals surface area contributed by atoms with Crippen LogP contribution in [0.25, 0.3) is 5.57 Å². The molecule has 0 aromatic heterocycles. The molecule has 0 amide bonds. The van der Waals surface area contributed by atoms with Gasteiger partial charge in [0.2, 0.25) is 0 Å². The third kappa shape index (κ3) is 4.72. The van der Waals surface area contributed by atoms with Crippen LogP contribution in [-0.2, 0) is 16.4 Å². The van der Waals surface area contributed by atoms with Gasteiger partial charge in [0.25, 0.3) is 0 Å². The molecule has 0 saturated heterocycles. The molecular weight excluding hydrogens is 418 g/mol. The Morgan fingerprint density at radius 2 is 1.65 bits per heavy atom. The Bertz CT molecular complexity index is 1250. The van der Waals surface area contributed by atoms with Crippen LogP contribution in [0.5, 0.6) is 0 Å². The highest BCUT2D eigenvalue weighted by Crippen LogP contribution is 2.35. The van der Waals surface area contributed by atoms with Gasteiger partial charge in [-0.2, -0.15) is 5.10 Å². The van der Waals surface area contributed by atoms with Crippen LogP contribution in [0.3, 0.4) is 0 Å². The molecule has 3 aromatic carbocycles. The minimum atomic E-state index is -3.32. The van der Waals surface area contributed by atoms with Gasteiger partial charge in [-0.15, -0.1) is 0 Å². The molecule has 4 rings (SSSR count). The van der Waals surface area contributed by atoms with Gasteiger partial charge in [0.15, 0.2) is 21.5 Å². The van der Waals surface area contributed by atoms with Crippen molar-refractivity contribution in [3.05, 3.63) is 107 Å². The fraction of sp³-hybridized carbons (Fsp3) is 0.125. The molecule has 0 N–H and O–H groups in total. The summed E-state index contributed by atoms with van der Waals surface area (Å²) in [6, 6.07) is 20.1. The van der Waals surface area contributed by atoms with E-state index in [0.717, 1.165) is 29.0 Å². The van der Waals surface area contributed by atoms with Gasteiger partial charge in [0.1, 0.15) is 0 Å². The van der Waals surface area contributed by atoms with Crippen molar-refractivity contribution >= 4 is 21.6 Å². The Balaban J connectivity index is 1.72. The van der Waals surface area contributed by atoms with E-state index >= 15 is 0 Å². The number of sulfone groups is 1. The van der Waals surface area contributed by atoms with Crippen LogP contribution in [0.4, 0.5) is 8.78 Å². The van der Waals surface area contributed by atoms with Crippen LogP contribution in [0.1, 0.15) is 22.6 Å². The van der Waals surface area contributed by atoms with Crippen LogP contribution in [0.15, 0.2) is 89.0 Å². The Kier molecular flexibility index (Phi) is 5.69. The number of halogens is 2. The molecule has 0 saturated carbocycles. The van der Waals surface area contributed by atoms with Crippen LogP contribution < -0.4 is 0 Å². The van der Waals surface area contributed by atoms with Crippen molar-refractivity contribution in [2.24, 2.45) is 5.10 Å². The first-order valence-corrected chi connectivity index (χ1v) is 11.5. The van der Waals surface area contributed by atoms with Crippen molar-refractivity contribution in [3.8, 4) is 0 Å². The highest BCUT2D eigenvalue weighted by atomic mass is 32.2. The van der Waals surface area contributed by atoms with E-state index in [1.54, 1.807) is 23.4 Å². The number of benzene rings is 3. The van der Waals surface area contributed by atoms with Crippen LogP contribution in [-0.4, -0.2) is 25.9 Å². The summed E-state index contributed by atoms with van der Waals surface area (Å²) >= 11 is 0. The molecule has 1 aliphatic rings. The first-order chi connectivity index (χ1) is 14.8. The largest absolute Gasteiger partial charge is 0.268 e. The molecule has 0 bridgehead atoms. The molecule has 1 heterocycles. The maximum absolute atomic E-state index is 14.0. The lowest BCUT2D eigenvalue weighted by Gasteiger charge is -2.27. The average Bonchev–Trinajstić information content (AvgIpc) is 2.76. The number of nitrogens with zero attached hydrogens (tertiary/aromatic N) is 2. The summed E-state index contributed by atoms with van der Waals surface area (Å²) < 4.78 is 51.0. The highest BCUT2D eigenvalue weighted by Gasteiger charge is 2.23. The van der Waals surface area contributed by atoms with E-state index in [2.05, 4.69) is 5.10 Å². The molecule has 158 valence electrons. The smallest absolute Gasteiger partial charge is 0.175 e. The molecule has 3 aromatic rings. The fourth-order valence-corrected chi connectivity index (χ4v) is 4.11. The molecule has 1 atom stereocenters. The molecule has 1 unspecified atom stereocenters. The lowest BCUT2D eigenvalue weighted by atomic mass is 9.87. The van der Waals surface area contributed by atoms with E-state index in [9.17, 15) is 17.2 Å². The predicted molar refractivity (Wildman–Crippen MR) is 117 cm³/mol. The van der Waals surface area contributed by atoms with Gasteiger partial charge in [-0.3, -0.25) is 5.01 Å². The highest BCUT2D eigenvalue weighted by molar-refractivity contribution is 7.90. The van der Waals surface area contributed by atoms with Gasteiger partial charge >= 0.3 is 0 Å². The van der Waals surface area contributed by atoms with E-state index in [-0.39, 0.29) is 10.8 Å². The zero-order valence-electron chi connectivity index (χ0n) is 16.7. The monoisotopic (exact) mass is 438 g/mol. The Morgan fingerprint density at radius 1 is 0.935 bits per heavy atom. The minimum absolute atomic E-state index is 0.216. The molecule has 31 heavy (non-hydrogen) atoms. The fourth-order valence-electron chi connectivity index (χ4n) is 3.48. The summed E-state index contributed by atoms with van der Waals surface area (Å²) in [6.45, 7) is 0.518. The summed E-state index contributed by atoms with van der Waals surface area (Å²) in [6.07, 6.45) is 4.70. The second-order valence-corrected chi connectivity index (χ2v) is 9.40. The zero-order valence-corrected chi connectivity index (χ0v) is 17.6. The van der Waals surface area contributed by atoms with Gasteiger partial charge in [0, 0.05) is 24.6 Å². The number of hydrogen-bond donors (Lipinski definition) is 0. The minimum Gasteiger partial charge on any atom is -0.268 e. The van der Waals surface area contributed by atoms with Crippen LogP contribution in [0.2, 0.25) is 0 Å². The normalized spacial score (nSPS) is 16.3. The van der Waals surface area contributed by atoms with Gasteiger partial charge in [-0.05, 0) is 46.5 Å². The van der Waals surface area contributed by atoms with Crippen molar-refractivity contribution in [1.82, 2.24) is 5.01 Å². The van der Waals surface area contributed by atoms with E-state index in [0.29, 0.717) is 12.1 Å². The zero-order chi connectivity index (χ0) is 22.0. The van der Waals surface area contributed by atoms with Crippen molar-refractivity contribution < 1.29 is 17.2 Å². The molecule has 0 spiro atoms. The number of hydrazone groups is 1. The average molecular weight is 438 g/mol. The molecule has 0 fully saturated rings. The summed E-state index contributed by atoms with van der Waals surface area (Å²) in [7, 11) is -3.32. The summed E-state index contributed by atoms with van der Waals surface area (Å²) in [5.41, 5.74) is 3.11. The second kappa shape index (κ2) is 8.43. The lowest BCUT2D eigenvalue weighted by Crippen LogP contribution is -2.19. The van der Waals surface area contributed by atoms with Crippen LogP contribution in [0, 0.1) is 11.6 Å². The molecule has 7 heteroatoms. The number of hydrogen-bond acceptors (Lipinski definition) is 4. The predicted octanol–water partition coefficient (Wildman–Crippen LogP) is 4.99. The summed E-state index contributed by atoms with van der Waals surface area (Å²) in [4.78, 5) is 0.216. The van der Waals surface area contributed by atoms with E-state index in [4.69, 9.17) is 0 Å². The van der Waals surface area contributed by atoms with E-state index in [1.165, 1.54) is 24.3 Å². The molecule has 1 aliphatic heterocycles. The summed E-state index contributed by atoms with van der Waals surface area (Å²) in [5.74, 6) is -2.18. The van der Waals surface area contributed by atoms with Gasteiger partial charge in [0.05, 0.1) is 11.4 Å².